The first-order chi connectivity index (χ1) is 6.24. The molecule has 1 aromatic carbocycles. The van der Waals surface area contributed by atoms with Gasteiger partial charge in [-0.15, -0.1) is 24.0 Å². The summed E-state index contributed by atoms with van der Waals surface area (Å²) in [6, 6.07) is 3.68. The Hall–Kier alpha value is -0.320. The number of carbonyl (C=O) groups excluding carboxylic acids is 1. The maximum Gasteiger partial charge on any atom is 0.150 e. The molecule has 2 aromatic rings. The van der Waals surface area contributed by atoms with E-state index in [1.807, 2.05) is 11.4 Å². The Bertz CT molecular complexity index is 476. The number of thiophene rings is 1. The Morgan fingerprint density at radius 2 is 2.23 bits per heavy atom. The van der Waals surface area contributed by atoms with E-state index in [4.69, 9.17) is 0 Å². The molecule has 66 valence electrons. The van der Waals surface area contributed by atoms with Crippen molar-refractivity contribution >= 4 is 56.3 Å². The summed E-state index contributed by atoms with van der Waals surface area (Å²) in [6.45, 7) is 0. The van der Waals surface area contributed by atoms with Crippen molar-refractivity contribution in [3.05, 3.63) is 27.5 Å². The molecule has 0 spiro atoms. The Labute approximate surface area is 93.3 Å². The lowest BCUT2D eigenvalue weighted by molar-refractivity contribution is 0.112. The molecule has 0 N–H and O–H groups in total. The molecular weight excluding hydrogens is 268 g/mol. The minimum absolute atomic E-state index is 0.699. The summed E-state index contributed by atoms with van der Waals surface area (Å²) in [5.74, 6) is 0. The van der Waals surface area contributed by atoms with Gasteiger partial charge >= 0.3 is 0 Å². The van der Waals surface area contributed by atoms with Crippen LogP contribution in [0.3, 0.4) is 0 Å². The first-order valence-electron chi connectivity index (χ1n) is 3.58. The molecule has 2 rings (SSSR count). The maximum atomic E-state index is 10.7. The summed E-state index contributed by atoms with van der Waals surface area (Å²) in [6.07, 6.45) is 0.862. The van der Waals surface area contributed by atoms with Crippen LogP contribution in [0.2, 0.25) is 0 Å². The van der Waals surface area contributed by atoms with E-state index in [-0.39, 0.29) is 0 Å². The van der Waals surface area contributed by atoms with Crippen LogP contribution in [0.1, 0.15) is 10.4 Å². The third kappa shape index (κ3) is 1.43. The van der Waals surface area contributed by atoms with Crippen LogP contribution in [0.25, 0.3) is 10.1 Å². The predicted molar refractivity (Wildman–Crippen MR) is 62.2 cm³/mol. The lowest BCUT2D eigenvalue weighted by atomic mass is 10.1. The van der Waals surface area contributed by atoms with Crippen LogP contribution in [0.5, 0.6) is 0 Å². The number of hydrogen-bond donors (Lipinski definition) is 1. The Morgan fingerprint density at radius 1 is 1.46 bits per heavy atom. The van der Waals surface area contributed by atoms with E-state index in [0.29, 0.717) is 5.56 Å². The molecular formula is C9H5BrOS2. The molecule has 0 saturated carbocycles. The molecule has 0 fully saturated rings. The lowest BCUT2D eigenvalue weighted by Gasteiger charge is -1.97. The molecule has 0 radical (unpaired) electrons. The molecule has 0 aliphatic heterocycles. The molecule has 0 atom stereocenters. The molecule has 0 aliphatic rings. The van der Waals surface area contributed by atoms with Crippen LogP contribution in [-0.4, -0.2) is 6.29 Å². The minimum atomic E-state index is 0.699. The summed E-state index contributed by atoms with van der Waals surface area (Å²) in [7, 11) is 0. The molecule has 0 saturated heterocycles. The smallest absolute Gasteiger partial charge is 0.150 e. The maximum absolute atomic E-state index is 10.7. The Kier molecular flexibility index (Phi) is 2.45. The van der Waals surface area contributed by atoms with Gasteiger partial charge in [0.25, 0.3) is 0 Å². The zero-order valence-corrected chi connectivity index (χ0v) is 9.75. The highest BCUT2D eigenvalue weighted by Crippen LogP contribution is 2.35. The predicted octanol–water partition coefficient (Wildman–Crippen LogP) is 3.77. The van der Waals surface area contributed by atoms with Crippen molar-refractivity contribution in [2.75, 3.05) is 0 Å². The van der Waals surface area contributed by atoms with Crippen LogP contribution < -0.4 is 0 Å². The average molecular weight is 273 g/mol. The first-order valence-corrected chi connectivity index (χ1v) is 5.70. The zero-order valence-electron chi connectivity index (χ0n) is 6.45. The zero-order chi connectivity index (χ0) is 9.42. The topological polar surface area (TPSA) is 17.1 Å². The third-order valence-electron chi connectivity index (χ3n) is 1.81. The second kappa shape index (κ2) is 3.44. The number of fused-ring (bicyclic) bond motifs is 1. The van der Waals surface area contributed by atoms with E-state index in [0.717, 1.165) is 25.7 Å². The van der Waals surface area contributed by atoms with Crippen LogP contribution >= 0.6 is 39.9 Å². The van der Waals surface area contributed by atoms with Crippen LogP contribution in [0.15, 0.2) is 26.9 Å². The molecule has 0 bridgehead atoms. The van der Waals surface area contributed by atoms with Crippen molar-refractivity contribution in [1.29, 1.82) is 0 Å². The van der Waals surface area contributed by atoms with Crippen LogP contribution in [0.4, 0.5) is 0 Å². The summed E-state index contributed by atoms with van der Waals surface area (Å²) < 4.78 is 2.09. The van der Waals surface area contributed by atoms with E-state index < -0.39 is 0 Å². The van der Waals surface area contributed by atoms with Gasteiger partial charge in [0.2, 0.25) is 0 Å². The van der Waals surface area contributed by atoms with Gasteiger partial charge in [-0.25, -0.2) is 0 Å². The van der Waals surface area contributed by atoms with Gasteiger partial charge in [0.1, 0.15) is 0 Å². The summed E-state index contributed by atoms with van der Waals surface area (Å²) >= 11 is 9.33. The first kappa shape index (κ1) is 9.24. The summed E-state index contributed by atoms with van der Waals surface area (Å²) in [4.78, 5) is 11.6. The molecule has 0 unspecified atom stereocenters. The van der Waals surface area contributed by atoms with Crippen LogP contribution in [-0.2, 0) is 0 Å². The minimum Gasteiger partial charge on any atom is -0.298 e. The fourth-order valence-electron chi connectivity index (χ4n) is 1.22. The molecule has 1 nitrogen and oxygen atoms in total. The largest absolute Gasteiger partial charge is 0.298 e. The van der Waals surface area contributed by atoms with E-state index >= 15 is 0 Å². The summed E-state index contributed by atoms with van der Waals surface area (Å²) in [5, 5.41) is 2.88. The number of aldehydes is 1. The number of carbonyl (C=O) groups is 1. The van der Waals surface area contributed by atoms with E-state index in [9.17, 15) is 4.79 Å². The quantitative estimate of drug-likeness (QED) is 0.618. The van der Waals surface area contributed by atoms with Gasteiger partial charge in [0.15, 0.2) is 6.29 Å². The molecule has 0 aliphatic carbocycles. The molecule has 1 aromatic heterocycles. The molecule has 1 heterocycles. The van der Waals surface area contributed by atoms with Crippen molar-refractivity contribution in [2.45, 2.75) is 4.90 Å². The lowest BCUT2D eigenvalue weighted by Crippen LogP contribution is -1.80. The molecule has 4 heteroatoms. The number of hydrogen-bond acceptors (Lipinski definition) is 3. The number of benzene rings is 1. The molecule has 13 heavy (non-hydrogen) atoms. The van der Waals surface area contributed by atoms with Gasteiger partial charge in [-0.2, -0.15) is 0 Å². The number of halogens is 1. The van der Waals surface area contributed by atoms with Crippen molar-refractivity contribution in [3.63, 3.8) is 0 Å². The highest BCUT2D eigenvalue weighted by molar-refractivity contribution is 9.10. The van der Waals surface area contributed by atoms with Gasteiger partial charge < -0.3 is 0 Å². The fourth-order valence-corrected chi connectivity index (χ4v) is 3.18. The van der Waals surface area contributed by atoms with Gasteiger partial charge in [0.05, 0.1) is 4.70 Å². The van der Waals surface area contributed by atoms with Crippen molar-refractivity contribution in [3.8, 4) is 0 Å². The average Bonchev–Trinajstić information content (AvgIpc) is 2.51. The normalized spacial score (nSPS) is 10.6. The fraction of sp³-hybridized carbons (Fsp3) is 0. The second-order valence-electron chi connectivity index (χ2n) is 2.58. The van der Waals surface area contributed by atoms with Gasteiger partial charge in [0, 0.05) is 25.7 Å². The van der Waals surface area contributed by atoms with Crippen molar-refractivity contribution in [1.82, 2.24) is 0 Å². The van der Waals surface area contributed by atoms with Gasteiger partial charge in [-0.3, -0.25) is 4.79 Å². The monoisotopic (exact) mass is 272 g/mol. The van der Waals surface area contributed by atoms with Gasteiger partial charge in [-0.1, -0.05) is 0 Å². The van der Waals surface area contributed by atoms with Crippen molar-refractivity contribution < 1.29 is 4.79 Å². The number of rotatable bonds is 1. The highest BCUT2D eigenvalue weighted by atomic mass is 79.9. The molecule has 0 amide bonds. The van der Waals surface area contributed by atoms with E-state index in [2.05, 4.69) is 28.6 Å². The highest BCUT2D eigenvalue weighted by Gasteiger charge is 2.08. The summed E-state index contributed by atoms with van der Waals surface area (Å²) in [5.41, 5.74) is 0.699. The second-order valence-corrected chi connectivity index (χ2v) is 4.80. The van der Waals surface area contributed by atoms with E-state index in [1.165, 1.54) is 0 Å². The Balaban J connectivity index is 2.96. The van der Waals surface area contributed by atoms with E-state index in [1.54, 1.807) is 17.4 Å². The number of thiol groups is 1. The Morgan fingerprint density at radius 3 is 2.92 bits per heavy atom. The standard InChI is InChI=1S/C9H5BrOS2/c10-6-2-1-5(3-11)8-7(12)4-13-9(6)8/h1-4,12H. The third-order valence-corrected chi connectivity index (χ3v) is 4.28. The van der Waals surface area contributed by atoms with Crippen molar-refractivity contribution in [2.24, 2.45) is 0 Å². The SMILES string of the molecule is O=Cc1ccc(Br)c2scc(S)c12. The van der Waals surface area contributed by atoms with Crippen LogP contribution in [0, 0.1) is 0 Å². The van der Waals surface area contributed by atoms with Gasteiger partial charge in [-0.05, 0) is 28.1 Å².